The molecule has 0 bridgehead atoms. The lowest BCUT2D eigenvalue weighted by Gasteiger charge is -2.09. The van der Waals surface area contributed by atoms with E-state index in [1.807, 2.05) is 0 Å². The van der Waals surface area contributed by atoms with E-state index in [-0.39, 0.29) is 0 Å². The number of nitrogens with one attached hydrogen (secondary N) is 1. The summed E-state index contributed by atoms with van der Waals surface area (Å²) >= 11 is 0. The summed E-state index contributed by atoms with van der Waals surface area (Å²) in [7, 11) is 0. The lowest BCUT2D eigenvalue weighted by molar-refractivity contribution is 0.254. The van der Waals surface area contributed by atoms with Crippen molar-refractivity contribution in [3.8, 4) is 5.75 Å². The van der Waals surface area contributed by atoms with Gasteiger partial charge < -0.3 is 10.1 Å². The molecule has 2 heteroatoms. The van der Waals surface area contributed by atoms with Crippen molar-refractivity contribution in [1.82, 2.24) is 5.32 Å². The van der Waals surface area contributed by atoms with Gasteiger partial charge >= 0.3 is 0 Å². The predicted molar refractivity (Wildman–Crippen MR) is 64.9 cm³/mol. The first-order valence-electron chi connectivity index (χ1n) is 6.30. The number of hydrogen-bond acceptors (Lipinski definition) is 2. The quantitative estimate of drug-likeness (QED) is 0.819. The lowest BCUT2D eigenvalue weighted by atomic mass is 9.96. The topological polar surface area (TPSA) is 21.3 Å². The number of rotatable bonds is 2. The monoisotopic (exact) mass is 217 g/mol. The van der Waals surface area contributed by atoms with Crippen molar-refractivity contribution in [3.63, 3.8) is 0 Å². The van der Waals surface area contributed by atoms with Gasteiger partial charge in [-0.1, -0.05) is 12.1 Å². The van der Waals surface area contributed by atoms with Gasteiger partial charge in [-0.05, 0) is 56.0 Å². The van der Waals surface area contributed by atoms with Gasteiger partial charge in [-0.15, -0.1) is 0 Å². The van der Waals surface area contributed by atoms with Crippen LogP contribution < -0.4 is 10.1 Å². The van der Waals surface area contributed by atoms with Crippen LogP contribution in [-0.2, 0) is 12.8 Å². The van der Waals surface area contributed by atoms with Crippen LogP contribution in [0.3, 0.4) is 0 Å². The molecule has 2 heterocycles. The molecule has 16 heavy (non-hydrogen) atoms. The van der Waals surface area contributed by atoms with Crippen molar-refractivity contribution in [2.75, 3.05) is 13.1 Å². The molecule has 2 aliphatic rings. The molecule has 0 spiro atoms. The van der Waals surface area contributed by atoms with Gasteiger partial charge in [0.05, 0.1) is 0 Å². The third-order valence-corrected chi connectivity index (χ3v) is 3.65. The summed E-state index contributed by atoms with van der Waals surface area (Å²) in [5.74, 6) is 1.93. The van der Waals surface area contributed by atoms with Crippen LogP contribution in [-0.4, -0.2) is 19.2 Å². The van der Waals surface area contributed by atoms with Crippen LogP contribution in [0.1, 0.15) is 24.5 Å². The summed E-state index contributed by atoms with van der Waals surface area (Å²) in [5.41, 5.74) is 2.88. The zero-order valence-electron chi connectivity index (χ0n) is 9.83. The second-order valence-corrected chi connectivity index (χ2v) is 5.14. The zero-order chi connectivity index (χ0) is 11.0. The van der Waals surface area contributed by atoms with E-state index in [0.717, 1.165) is 18.1 Å². The Labute approximate surface area is 97.0 Å². The largest absolute Gasteiger partial charge is 0.490 e. The van der Waals surface area contributed by atoms with E-state index in [0.29, 0.717) is 6.10 Å². The van der Waals surface area contributed by atoms with Crippen molar-refractivity contribution >= 4 is 0 Å². The molecular formula is C14H19NO. The Morgan fingerprint density at radius 1 is 1.44 bits per heavy atom. The van der Waals surface area contributed by atoms with Crippen molar-refractivity contribution in [2.24, 2.45) is 5.92 Å². The van der Waals surface area contributed by atoms with E-state index in [1.165, 1.54) is 37.1 Å². The molecule has 1 N–H and O–H groups in total. The van der Waals surface area contributed by atoms with E-state index in [4.69, 9.17) is 4.74 Å². The van der Waals surface area contributed by atoms with Gasteiger partial charge in [-0.3, -0.25) is 0 Å². The molecule has 2 unspecified atom stereocenters. The average Bonchev–Trinajstić information content (AvgIpc) is 2.85. The van der Waals surface area contributed by atoms with Gasteiger partial charge in [0.2, 0.25) is 0 Å². The summed E-state index contributed by atoms with van der Waals surface area (Å²) in [6.07, 6.45) is 3.98. The highest BCUT2D eigenvalue weighted by atomic mass is 16.5. The van der Waals surface area contributed by atoms with E-state index >= 15 is 0 Å². The minimum Gasteiger partial charge on any atom is -0.490 e. The van der Waals surface area contributed by atoms with Gasteiger partial charge in [0.15, 0.2) is 0 Å². The van der Waals surface area contributed by atoms with Crippen molar-refractivity contribution in [3.05, 3.63) is 29.3 Å². The van der Waals surface area contributed by atoms with Crippen LogP contribution in [0.4, 0.5) is 0 Å². The van der Waals surface area contributed by atoms with Crippen LogP contribution >= 0.6 is 0 Å². The van der Waals surface area contributed by atoms with Gasteiger partial charge in [-0.2, -0.15) is 0 Å². The van der Waals surface area contributed by atoms with E-state index < -0.39 is 0 Å². The molecular weight excluding hydrogens is 198 g/mol. The molecule has 0 aliphatic carbocycles. The fourth-order valence-electron chi connectivity index (χ4n) is 2.82. The van der Waals surface area contributed by atoms with Gasteiger partial charge in [0.25, 0.3) is 0 Å². The highest BCUT2D eigenvalue weighted by Gasteiger charge is 2.20. The highest BCUT2D eigenvalue weighted by molar-refractivity contribution is 5.40. The summed E-state index contributed by atoms with van der Waals surface area (Å²) in [4.78, 5) is 0. The van der Waals surface area contributed by atoms with Crippen LogP contribution in [0.15, 0.2) is 18.2 Å². The Balaban J connectivity index is 1.74. The fraction of sp³-hybridized carbons (Fsp3) is 0.571. The molecule has 86 valence electrons. The second-order valence-electron chi connectivity index (χ2n) is 5.14. The molecule has 2 atom stereocenters. The second kappa shape index (κ2) is 4.10. The molecule has 1 aromatic carbocycles. The van der Waals surface area contributed by atoms with Gasteiger partial charge in [0.1, 0.15) is 11.9 Å². The van der Waals surface area contributed by atoms with Crippen LogP contribution in [0.5, 0.6) is 5.75 Å². The summed E-state index contributed by atoms with van der Waals surface area (Å²) in [5, 5.41) is 3.43. The molecule has 2 aliphatic heterocycles. The van der Waals surface area contributed by atoms with Crippen molar-refractivity contribution in [2.45, 2.75) is 32.3 Å². The average molecular weight is 217 g/mol. The third kappa shape index (κ3) is 1.94. The molecule has 0 radical (unpaired) electrons. The standard InChI is InChI=1S/C14H19NO/c1-10-6-13-8-11(2-3-14(13)16-10)7-12-4-5-15-9-12/h2-3,8,10,12,15H,4-7,9H2,1H3. The predicted octanol–water partition coefficient (Wildman–Crippen LogP) is 2.16. The van der Waals surface area contributed by atoms with Crippen LogP contribution in [0.25, 0.3) is 0 Å². The van der Waals surface area contributed by atoms with Crippen LogP contribution in [0.2, 0.25) is 0 Å². The number of ether oxygens (including phenoxy) is 1. The van der Waals surface area contributed by atoms with Crippen molar-refractivity contribution in [1.29, 1.82) is 0 Å². The molecule has 0 amide bonds. The van der Waals surface area contributed by atoms with Crippen LogP contribution in [0, 0.1) is 5.92 Å². The molecule has 2 nitrogen and oxygen atoms in total. The summed E-state index contributed by atoms with van der Waals surface area (Å²) in [6, 6.07) is 6.73. The third-order valence-electron chi connectivity index (χ3n) is 3.65. The van der Waals surface area contributed by atoms with E-state index in [9.17, 15) is 0 Å². The molecule has 1 fully saturated rings. The molecule has 1 aromatic rings. The Morgan fingerprint density at radius 3 is 3.19 bits per heavy atom. The maximum absolute atomic E-state index is 5.72. The first kappa shape index (κ1) is 10.2. The molecule has 3 rings (SSSR count). The highest BCUT2D eigenvalue weighted by Crippen LogP contribution is 2.30. The lowest BCUT2D eigenvalue weighted by Crippen LogP contribution is -2.10. The maximum atomic E-state index is 5.72. The SMILES string of the molecule is CC1Cc2cc(CC3CCNC3)ccc2O1. The Morgan fingerprint density at radius 2 is 2.38 bits per heavy atom. The normalized spacial score (nSPS) is 27.8. The Hall–Kier alpha value is -1.02. The minimum absolute atomic E-state index is 0.360. The number of hydrogen-bond donors (Lipinski definition) is 1. The Bertz CT molecular complexity index is 382. The van der Waals surface area contributed by atoms with E-state index in [1.54, 1.807) is 0 Å². The zero-order valence-corrected chi connectivity index (χ0v) is 9.83. The number of fused-ring (bicyclic) bond motifs is 1. The maximum Gasteiger partial charge on any atom is 0.123 e. The summed E-state index contributed by atoms with van der Waals surface area (Å²) < 4.78 is 5.72. The Kier molecular flexibility index (Phi) is 2.60. The molecule has 1 saturated heterocycles. The van der Waals surface area contributed by atoms with Crippen molar-refractivity contribution < 1.29 is 4.74 Å². The van der Waals surface area contributed by atoms with Gasteiger partial charge in [-0.25, -0.2) is 0 Å². The van der Waals surface area contributed by atoms with Gasteiger partial charge in [0, 0.05) is 6.42 Å². The fourth-order valence-corrected chi connectivity index (χ4v) is 2.82. The smallest absolute Gasteiger partial charge is 0.123 e. The summed E-state index contributed by atoms with van der Waals surface area (Å²) in [6.45, 7) is 4.51. The molecule has 0 saturated carbocycles. The first-order chi connectivity index (χ1) is 7.81. The van der Waals surface area contributed by atoms with E-state index in [2.05, 4.69) is 30.4 Å². The number of benzene rings is 1. The minimum atomic E-state index is 0.360. The molecule has 0 aromatic heterocycles. The first-order valence-corrected chi connectivity index (χ1v) is 6.30.